The summed E-state index contributed by atoms with van der Waals surface area (Å²) in [6, 6.07) is 9.98. The number of aromatic nitrogens is 1. The molecular weight excluding hydrogens is 376 g/mol. The molecule has 0 amide bonds. The first kappa shape index (κ1) is 20.0. The number of nitrogens with zero attached hydrogens (tertiary/aromatic N) is 1. The van der Waals surface area contributed by atoms with E-state index in [0.29, 0.717) is 5.41 Å². The Balaban J connectivity index is 1.24. The first-order chi connectivity index (χ1) is 15.2. The molecule has 6 rings (SSSR count). The molecule has 0 saturated heterocycles. The Morgan fingerprint density at radius 1 is 1.00 bits per heavy atom. The summed E-state index contributed by atoms with van der Waals surface area (Å²) in [5.41, 5.74) is 3.45. The summed E-state index contributed by atoms with van der Waals surface area (Å²) in [7, 11) is 0. The largest absolute Gasteiger partial charge is 0.314 e. The number of pyridine rings is 1. The zero-order chi connectivity index (χ0) is 21.0. The van der Waals surface area contributed by atoms with Crippen LogP contribution in [0.3, 0.4) is 0 Å². The second-order valence-corrected chi connectivity index (χ2v) is 11.3. The fraction of sp³-hybridized carbons (Fsp3) is 0.621. The lowest BCUT2D eigenvalue weighted by molar-refractivity contribution is -0.0417. The van der Waals surface area contributed by atoms with Gasteiger partial charge in [0.2, 0.25) is 0 Å². The van der Waals surface area contributed by atoms with Gasteiger partial charge in [0.05, 0.1) is 0 Å². The van der Waals surface area contributed by atoms with Crippen molar-refractivity contribution in [3.05, 3.63) is 48.3 Å². The van der Waals surface area contributed by atoms with Crippen molar-refractivity contribution >= 4 is 16.3 Å². The smallest absolute Gasteiger partial charge is 0.0346 e. The van der Waals surface area contributed by atoms with E-state index in [-0.39, 0.29) is 0 Å². The van der Waals surface area contributed by atoms with Gasteiger partial charge in [-0.15, -0.1) is 0 Å². The third-order valence-electron chi connectivity index (χ3n) is 9.98. The molecule has 7 atom stereocenters. The summed E-state index contributed by atoms with van der Waals surface area (Å²) in [5, 5.41) is 6.33. The number of hydrogen-bond acceptors (Lipinski definition) is 2. The van der Waals surface area contributed by atoms with Gasteiger partial charge in [-0.2, -0.15) is 0 Å². The standard InChI is InChI=1S/C29H38N2/c1-3-31-23-7-9-24-20(17-23)6-8-26-25(24)12-14-29(2)27(10-11-28(26)29)21-5-4-19-13-15-30-18-22(19)16-21/h4-5,10,13,15-16,18,20,23-26,28,31H,3,6-9,11-12,14,17H2,1-2H3. The predicted molar refractivity (Wildman–Crippen MR) is 130 cm³/mol. The van der Waals surface area contributed by atoms with E-state index in [1.165, 1.54) is 67.7 Å². The molecule has 0 bridgehead atoms. The molecule has 3 fully saturated rings. The Labute approximate surface area is 187 Å². The van der Waals surface area contributed by atoms with Crippen LogP contribution in [0.15, 0.2) is 42.7 Å². The lowest BCUT2D eigenvalue weighted by Crippen LogP contribution is -2.49. The summed E-state index contributed by atoms with van der Waals surface area (Å²) in [6.07, 6.45) is 18.0. The maximum Gasteiger partial charge on any atom is 0.0346 e. The predicted octanol–water partition coefficient (Wildman–Crippen LogP) is 6.86. The molecule has 2 heteroatoms. The molecule has 0 radical (unpaired) electrons. The van der Waals surface area contributed by atoms with Crippen molar-refractivity contribution in [2.75, 3.05) is 6.54 Å². The molecule has 1 N–H and O–H groups in total. The van der Waals surface area contributed by atoms with Crippen LogP contribution in [0.2, 0.25) is 0 Å². The van der Waals surface area contributed by atoms with Gasteiger partial charge < -0.3 is 5.32 Å². The lowest BCUT2D eigenvalue weighted by Gasteiger charge is -2.56. The minimum Gasteiger partial charge on any atom is -0.314 e. The topological polar surface area (TPSA) is 24.9 Å². The lowest BCUT2D eigenvalue weighted by atomic mass is 9.49. The molecule has 2 aromatic rings. The van der Waals surface area contributed by atoms with Crippen molar-refractivity contribution < 1.29 is 0 Å². The van der Waals surface area contributed by atoms with Crippen molar-refractivity contribution in [1.82, 2.24) is 10.3 Å². The van der Waals surface area contributed by atoms with E-state index >= 15 is 0 Å². The van der Waals surface area contributed by atoms with Crippen LogP contribution in [0.5, 0.6) is 0 Å². The molecule has 31 heavy (non-hydrogen) atoms. The van der Waals surface area contributed by atoms with Gasteiger partial charge in [0.15, 0.2) is 0 Å². The molecule has 0 spiro atoms. The molecule has 4 aliphatic carbocycles. The van der Waals surface area contributed by atoms with E-state index in [4.69, 9.17) is 0 Å². The highest BCUT2D eigenvalue weighted by molar-refractivity contribution is 5.86. The number of benzene rings is 1. The molecule has 1 heterocycles. The minimum atomic E-state index is 0.366. The number of hydrogen-bond donors (Lipinski definition) is 1. The van der Waals surface area contributed by atoms with E-state index in [1.54, 1.807) is 5.57 Å². The average molecular weight is 415 g/mol. The normalized spacial score (nSPS) is 39.5. The summed E-state index contributed by atoms with van der Waals surface area (Å²) in [6.45, 7) is 6.00. The molecule has 0 aliphatic heterocycles. The van der Waals surface area contributed by atoms with Gasteiger partial charge in [0, 0.05) is 23.8 Å². The van der Waals surface area contributed by atoms with Crippen LogP contribution >= 0.6 is 0 Å². The van der Waals surface area contributed by atoms with Crippen LogP contribution in [-0.2, 0) is 0 Å². The fourth-order valence-electron chi connectivity index (χ4n) is 8.59. The Morgan fingerprint density at radius 3 is 2.81 bits per heavy atom. The van der Waals surface area contributed by atoms with Crippen molar-refractivity contribution in [2.24, 2.45) is 35.0 Å². The van der Waals surface area contributed by atoms with Gasteiger partial charge in [-0.1, -0.05) is 32.1 Å². The Bertz CT molecular complexity index is 993. The third-order valence-corrected chi connectivity index (χ3v) is 9.98. The van der Waals surface area contributed by atoms with Crippen molar-refractivity contribution in [3.8, 4) is 0 Å². The maximum absolute atomic E-state index is 4.36. The number of fused-ring (bicyclic) bond motifs is 6. The van der Waals surface area contributed by atoms with Crippen LogP contribution in [0, 0.1) is 35.0 Å². The van der Waals surface area contributed by atoms with E-state index in [0.717, 1.165) is 42.2 Å². The molecule has 2 nitrogen and oxygen atoms in total. The van der Waals surface area contributed by atoms with Crippen LogP contribution in [-0.4, -0.2) is 17.6 Å². The Hall–Kier alpha value is -1.67. The molecule has 164 valence electrons. The van der Waals surface area contributed by atoms with Gasteiger partial charge in [0.1, 0.15) is 0 Å². The van der Waals surface area contributed by atoms with Gasteiger partial charge in [0.25, 0.3) is 0 Å². The van der Waals surface area contributed by atoms with E-state index in [1.807, 2.05) is 12.4 Å². The summed E-state index contributed by atoms with van der Waals surface area (Å²) in [4.78, 5) is 4.36. The molecule has 7 unspecified atom stereocenters. The summed E-state index contributed by atoms with van der Waals surface area (Å²) in [5.74, 6) is 4.80. The first-order valence-corrected chi connectivity index (χ1v) is 13.0. The first-order valence-electron chi connectivity index (χ1n) is 13.0. The molecule has 1 aromatic carbocycles. The van der Waals surface area contributed by atoms with E-state index in [9.17, 15) is 0 Å². The van der Waals surface area contributed by atoms with Crippen LogP contribution < -0.4 is 5.32 Å². The highest BCUT2D eigenvalue weighted by atomic mass is 14.9. The van der Waals surface area contributed by atoms with Gasteiger partial charge >= 0.3 is 0 Å². The minimum absolute atomic E-state index is 0.366. The maximum atomic E-state index is 4.36. The SMILES string of the molecule is CCNC1CCC2C(CCC3C2CCC2(C)C(c4ccc5ccncc5c4)=CCC32)C1. The van der Waals surface area contributed by atoms with Gasteiger partial charge in [-0.05, 0) is 122 Å². The highest BCUT2D eigenvalue weighted by Gasteiger charge is 2.54. The summed E-state index contributed by atoms with van der Waals surface area (Å²) < 4.78 is 0. The number of allylic oxidation sites excluding steroid dienone is 2. The number of rotatable bonds is 3. The van der Waals surface area contributed by atoms with Crippen LogP contribution in [0.1, 0.15) is 70.8 Å². The van der Waals surface area contributed by atoms with Crippen molar-refractivity contribution in [1.29, 1.82) is 0 Å². The van der Waals surface area contributed by atoms with E-state index < -0.39 is 0 Å². The molecule has 1 aromatic heterocycles. The zero-order valence-electron chi connectivity index (χ0n) is 19.3. The second-order valence-electron chi connectivity index (χ2n) is 11.3. The third kappa shape index (κ3) is 3.20. The average Bonchev–Trinajstić information content (AvgIpc) is 3.16. The quantitative estimate of drug-likeness (QED) is 0.593. The second kappa shape index (κ2) is 7.73. The zero-order valence-corrected chi connectivity index (χ0v) is 19.3. The number of nitrogens with one attached hydrogen (secondary N) is 1. The fourth-order valence-corrected chi connectivity index (χ4v) is 8.59. The molecule has 3 saturated carbocycles. The van der Waals surface area contributed by atoms with Crippen LogP contribution in [0.4, 0.5) is 0 Å². The van der Waals surface area contributed by atoms with Crippen molar-refractivity contribution in [2.45, 2.75) is 71.3 Å². The Kier molecular flexibility index (Phi) is 4.98. The van der Waals surface area contributed by atoms with Crippen LogP contribution in [0.25, 0.3) is 16.3 Å². The van der Waals surface area contributed by atoms with Crippen molar-refractivity contribution in [3.63, 3.8) is 0 Å². The highest BCUT2D eigenvalue weighted by Crippen LogP contribution is 2.64. The molecular formula is C29H38N2. The summed E-state index contributed by atoms with van der Waals surface area (Å²) >= 11 is 0. The Morgan fingerprint density at radius 2 is 1.90 bits per heavy atom. The van der Waals surface area contributed by atoms with E-state index in [2.05, 4.69) is 54.5 Å². The monoisotopic (exact) mass is 414 g/mol. The van der Waals surface area contributed by atoms with Gasteiger partial charge in [-0.25, -0.2) is 0 Å². The van der Waals surface area contributed by atoms with Gasteiger partial charge in [-0.3, -0.25) is 4.98 Å². The molecule has 4 aliphatic rings.